The van der Waals surface area contributed by atoms with Crippen LogP contribution in [0.25, 0.3) is 0 Å². The van der Waals surface area contributed by atoms with Crippen molar-refractivity contribution in [2.24, 2.45) is 5.73 Å². The maximum absolute atomic E-state index is 12.3. The van der Waals surface area contributed by atoms with Gasteiger partial charge < -0.3 is 5.73 Å². The van der Waals surface area contributed by atoms with Crippen LogP contribution in [0.15, 0.2) is 17.0 Å². The van der Waals surface area contributed by atoms with E-state index < -0.39 is 26.0 Å². The number of nitrogens with one attached hydrogen (secondary N) is 1. The molecule has 23 heavy (non-hydrogen) atoms. The Hall–Kier alpha value is -1.65. The molecule has 0 atom stereocenters. The molecule has 0 saturated carbocycles. The van der Waals surface area contributed by atoms with Gasteiger partial charge in [0.1, 0.15) is 0 Å². The molecule has 0 aliphatic heterocycles. The van der Waals surface area contributed by atoms with E-state index >= 15 is 0 Å². The zero-order valence-electron chi connectivity index (χ0n) is 13.5. The first kappa shape index (κ1) is 19.4. The minimum absolute atomic E-state index is 0.0435. The molecule has 1 amide bonds. The first-order valence-corrected chi connectivity index (χ1v) is 10.0. The number of hydrogen-bond acceptors (Lipinski definition) is 5. The SMILES string of the molecule is Cc1cc(C)c(S(=O)(=O)NCCC(N)=O)cc1N(C)S(C)(=O)=O. The lowest BCUT2D eigenvalue weighted by Crippen LogP contribution is -2.29. The van der Waals surface area contributed by atoms with Gasteiger partial charge in [-0.15, -0.1) is 0 Å². The number of carbonyl (C=O) groups is 1. The molecule has 0 aliphatic rings. The Labute approximate surface area is 136 Å². The van der Waals surface area contributed by atoms with E-state index in [9.17, 15) is 21.6 Å². The number of nitrogens with two attached hydrogens (primary N) is 1. The van der Waals surface area contributed by atoms with E-state index in [-0.39, 0.29) is 23.5 Å². The van der Waals surface area contributed by atoms with Crippen molar-refractivity contribution >= 4 is 31.6 Å². The molecule has 0 aliphatic carbocycles. The van der Waals surface area contributed by atoms with Crippen LogP contribution in [0.2, 0.25) is 0 Å². The number of benzene rings is 1. The van der Waals surface area contributed by atoms with Crippen LogP contribution in [0, 0.1) is 13.8 Å². The summed E-state index contributed by atoms with van der Waals surface area (Å²) in [6.07, 6.45) is 0.909. The summed E-state index contributed by atoms with van der Waals surface area (Å²) in [6, 6.07) is 2.90. The Balaban J connectivity index is 3.29. The smallest absolute Gasteiger partial charge is 0.240 e. The second-order valence-corrected chi connectivity index (χ2v) is 9.00. The van der Waals surface area contributed by atoms with Crippen LogP contribution in [-0.2, 0) is 24.8 Å². The molecule has 1 rings (SSSR count). The van der Waals surface area contributed by atoms with Gasteiger partial charge >= 0.3 is 0 Å². The van der Waals surface area contributed by atoms with Gasteiger partial charge in [0.05, 0.1) is 16.8 Å². The van der Waals surface area contributed by atoms with Crippen LogP contribution in [0.1, 0.15) is 17.5 Å². The Morgan fingerprint density at radius 2 is 1.74 bits per heavy atom. The first-order valence-electron chi connectivity index (χ1n) is 6.69. The van der Waals surface area contributed by atoms with Crippen molar-refractivity contribution < 1.29 is 21.6 Å². The summed E-state index contributed by atoms with van der Waals surface area (Å²) >= 11 is 0. The Morgan fingerprint density at radius 1 is 1.17 bits per heavy atom. The third-order valence-electron chi connectivity index (χ3n) is 3.28. The van der Waals surface area contributed by atoms with Crippen molar-refractivity contribution in [1.82, 2.24) is 4.72 Å². The lowest BCUT2D eigenvalue weighted by Gasteiger charge is -2.21. The molecule has 0 fully saturated rings. The molecule has 0 heterocycles. The fourth-order valence-corrected chi connectivity index (χ4v) is 3.85. The summed E-state index contributed by atoms with van der Waals surface area (Å²) in [7, 11) is -6.06. The highest BCUT2D eigenvalue weighted by molar-refractivity contribution is 7.92. The number of rotatable bonds is 7. The average Bonchev–Trinajstić information content (AvgIpc) is 2.35. The molecule has 130 valence electrons. The number of amides is 1. The van der Waals surface area contributed by atoms with E-state index in [0.29, 0.717) is 11.1 Å². The van der Waals surface area contributed by atoms with Crippen molar-refractivity contribution in [2.75, 3.05) is 24.2 Å². The fourth-order valence-electron chi connectivity index (χ4n) is 2.02. The van der Waals surface area contributed by atoms with E-state index in [0.717, 1.165) is 10.6 Å². The second kappa shape index (κ2) is 6.85. The van der Waals surface area contributed by atoms with Crippen molar-refractivity contribution in [1.29, 1.82) is 0 Å². The van der Waals surface area contributed by atoms with E-state index in [4.69, 9.17) is 5.73 Å². The van der Waals surface area contributed by atoms with Gasteiger partial charge in [0.25, 0.3) is 0 Å². The Kier molecular flexibility index (Phi) is 5.78. The summed E-state index contributed by atoms with van der Waals surface area (Å²) in [5.74, 6) is -0.620. The number of nitrogens with zero attached hydrogens (tertiary/aromatic N) is 1. The van der Waals surface area contributed by atoms with Gasteiger partial charge in [-0.1, -0.05) is 6.07 Å². The largest absolute Gasteiger partial charge is 0.370 e. The maximum atomic E-state index is 12.3. The third kappa shape index (κ3) is 4.91. The monoisotopic (exact) mass is 363 g/mol. The predicted molar refractivity (Wildman–Crippen MR) is 88.2 cm³/mol. The van der Waals surface area contributed by atoms with Gasteiger partial charge in [0, 0.05) is 20.0 Å². The molecule has 10 heteroatoms. The molecule has 0 aromatic heterocycles. The zero-order valence-corrected chi connectivity index (χ0v) is 15.1. The van der Waals surface area contributed by atoms with Crippen LogP contribution >= 0.6 is 0 Å². The van der Waals surface area contributed by atoms with Gasteiger partial charge in [-0.05, 0) is 31.0 Å². The molecular weight excluding hydrogens is 342 g/mol. The molecule has 0 bridgehead atoms. The highest BCUT2D eigenvalue weighted by atomic mass is 32.2. The van der Waals surface area contributed by atoms with Crippen LogP contribution in [0.5, 0.6) is 0 Å². The van der Waals surface area contributed by atoms with E-state index in [1.807, 2.05) is 0 Å². The molecule has 3 N–H and O–H groups in total. The number of anilines is 1. The normalized spacial score (nSPS) is 12.2. The van der Waals surface area contributed by atoms with Gasteiger partial charge in [0.2, 0.25) is 26.0 Å². The fraction of sp³-hybridized carbons (Fsp3) is 0.462. The number of carbonyl (C=O) groups excluding carboxylic acids is 1. The van der Waals surface area contributed by atoms with Gasteiger partial charge in [0.15, 0.2) is 0 Å². The third-order valence-corrected chi connectivity index (χ3v) is 6.08. The standard InChI is InChI=1S/C13H21N3O5S2/c1-9-7-10(2)12(8-11(9)16(3)22(4,18)19)23(20,21)15-6-5-13(14)17/h7-8,15H,5-6H2,1-4H3,(H2,14,17). The van der Waals surface area contributed by atoms with Crippen LogP contribution < -0.4 is 14.8 Å². The molecule has 1 aromatic rings. The predicted octanol–water partition coefficient (Wildman–Crippen LogP) is -0.147. The van der Waals surface area contributed by atoms with E-state index in [2.05, 4.69) is 4.72 Å². The maximum Gasteiger partial charge on any atom is 0.240 e. The zero-order chi connectivity index (χ0) is 18.0. The molecule has 0 radical (unpaired) electrons. The second-order valence-electron chi connectivity index (χ2n) is 5.25. The Morgan fingerprint density at radius 3 is 2.22 bits per heavy atom. The minimum Gasteiger partial charge on any atom is -0.370 e. The Bertz CT molecular complexity index is 816. The van der Waals surface area contributed by atoms with Gasteiger partial charge in [-0.3, -0.25) is 9.10 Å². The first-order chi connectivity index (χ1) is 10.4. The van der Waals surface area contributed by atoms with Crippen molar-refractivity contribution in [3.8, 4) is 0 Å². The number of primary amides is 1. The number of aryl methyl sites for hydroxylation is 2. The minimum atomic E-state index is -3.88. The molecule has 0 saturated heterocycles. The summed E-state index contributed by atoms with van der Waals surface area (Å²) in [6.45, 7) is 3.18. The average molecular weight is 363 g/mol. The topological polar surface area (TPSA) is 127 Å². The van der Waals surface area contributed by atoms with Crippen LogP contribution in [0.3, 0.4) is 0 Å². The van der Waals surface area contributed by atoms with Gasteiger partial charge in [-0.2, -0.15) is 0 Å². The van der Waals surface area contributed by atoms with E-state index in [1.54, 1.807) is 19.9 Å². The number of hydrogen-bond donors (Lipinski definition) is 2. The summed E-state index contributed by atoms with van der Waals surface area (Å²) in [5, 5.41) is 0. The van der Waals surface area contributed by atoms with E-state index in [1.165, 1.54) is 13.1 Å². The highest BCUT2D eigenvalue weighted by Crippen LogP contribution is 2.27. The summed E-state index contributed by atoms with van der Waals surface area (Å²) < 4.78 is 51.3. The van der Waals surface area contributed by atoms with Crippen molar-refractivity contribution in [3.05, 3.63) is 23.3 Å². The number of sulfonamides is 2. The summed E-state index contributed by atoms with van der Waals surface area (Å²) in [4.78, 5) is 10.7. The molecular formula is C13H21N3O5S2. The molecule has 8 nitrogen and oxygen atoms in total. The van der Waals surface area contributed by atoms with Crippen LogP contribution in [0.4, 0.5) is 5.69 Å². The lowest BCUT2D eigenvalue weighted by atomic mass is 10.1. The highest BCUT2D eigenvalue weighted by Gasteiger charge is 2.22. The summed E-state index contributed by atoms with van der Waals surface area (Å²) in [5.41, 5.74) is 6.35. The van der Waals surface area contributed by atoms with Crippen molar-refractivity contribution in [3.63, 3.8) is 0 Å². The van der Waals surface area contributed by atoms with Gasteiger partial charge in [-0.25, -0.2) is 21.6 Å². The lowest BCUT2D eigenvalue weighted by molar-refractivity contribution is -0.117. The molecule has 0 spiro atoms. The van der Waals surface area contributed by atoms with Crippen LogP contribution in [-0.4, -0.2) is 42.6 Å². The quantitative estimate of drug-likeness (QED) is 0.697. The molecule has 0 unspecified atom stereocenters. The van der Waals surface area contributed by atoms with Crippen molar-refractivity contribution in [2.45, 2.75) is 25.2 Å². The molecule has 1 aromatic carbocycles.